The van der Waals surface area contributed by atoms with Crippen LogP contribution in [-0.2, 0) is 0 Å². The fraction of sp³-hybridized carbons (Fsp3) is 0.174. The molecule has 2 saturated heterocycles. The first-order valence-corrected chi connectivity index (χ1v) is 9.41. The summed E-state index contributed by atoms with van der Waals surface area (Å²) in [5.74, 6) is 0. The van der Waals surface area contributed by atoms with Crippen LogP contribution >= 0.6 is 0 Å². The topological polar surface area (TPSA) is 26.8 Å². The van der Waals surface area contributed by atoms with Gasteiger partial charge in [0.05, 0.1) is 0 Å². The van der Waals surface area contributed by atoms with E-state index >= 15 is 0 Å². The van der Waals surface area contributed by atoms with Crippen LogP contribution in [0.3, 0.4) is 0 Å². The van der Waals surface area contributed by atoms with Gasteiger partial charge in [-0.05, 0) is 35.2 Å². The monoisotopic (exact) mass is 355 g/mol. The Hall–Kier alpha value is -3.11. The lowest BCUT2D eigenvalue weighted by molar-refractivity contribution is 0.0728. The second kappa shape index (κ2) is 6.56. The van der Waals surface area contributed by atoms with Gasteiger partial charge in [0.25, 0.3) is 0 Å². The van der Waals surface area contributed by atoms with E-state index in [9.17, 15) is 4.79 Å². The smallest absolute Gasteiger partial charge is 0.271 e. The number of rotatable bonds is 3. The van der Waals surface area contributed by atoms with Gasteiger partial charge in [-0.1, -0.05) is 72.8 Å². The Morgan fingerprint density at radius 3 is 2.04 bits per heavy atom. The Labute approximate surface area is 159 Å². The zero-order valence-electron chi connectivity index (χ0n) is 15.0. The first-order chi connectivity index (χ1) is 13.3. The number of fused-ring (bicyclic) bond motifs is 1. The Morgan fingerprint density at radius 1 is 0.704 bits per heavy atom. The van der Waals surface area contributed by atoms with Crippen molar-refractivity contribution >= 4 is 11.7 Å². The molecule has 4 heteroatoms. The number of benzene rings is 3. The molecule has 2 heterocycles. The van der Waals surface area contributed by atoms with Gasteiger partial charge in [0, 0.05) is 18.8 Å². The van der Waals surface area contributed by atoms with Crippen LogP contribution in [0.5, 0.6) is 0 Å². The van der Waals surface area contributed by atoms with E-state index in [1.54, 1.807) is 0 Å². The number of anilines is 1. The van der Waals surface area contributed by atoms with Crippen molar-refractivity contribution in [3.8, 4) is 11.1 Å². The predicted octanol–water partition coefficient (Wildman–Crippen LogP) is 4.92. The molecule has 3 aromatic carbocycles. The molecule has 5 rings (SSSR count). The lowest BCUT2D eigenvalue weighted by atomic mass is 10.0. The van der Waals surface area contributed by atoms with Crippen LogP contribution in [-0.4, -0.2) is 29.1 Å². The summed E-state index contributed by atoms with van der Waals surface area (Å²) in [6.45, 7) is 1.70. The number of nitrogens with zero attached hydrogens (tertiary/aromatic N) is 3. The van der Waals surface area contributed by atoms with Gasteiger partial charge in [-0.15, -0.1) is 0 Å². The Balaban J connectivity index is 1.53. The molecule has 2 amide bonds. The van der Waals surface area contributed by atoms with Crippen molar-refractivity contribution < 1.29 is 4.79 Å². The second-order valence-corrected chi connectivity index (χ2v) is 6.99. The molecule has 1 atom stereocenters. The van der Waals surface area contributed by atoms with Crippen molar-refractivity contribution in [2.24, 2.45) is 0 Å². The normalized spacial score (nSPS) is 19.6. The van der Waals surface area contributed by atoms with E-state index in [0.717, 1.165) is 36.3 Å². The predicted molar refractivity (Wildman–Crippen MR) is 107 cm³/mol. The third-order valence-electron chi connectivity index (χ3n) is 5.37. The van der Waals surface area contributed by atoms with Gasteiger partial charge < -0.3 is 0 Å². The standard InChI is InChI=1S/C23H21N3O/c27-23-25-17-7-16-24(25)22(20-10-5-2-6-11-20)26(23)21-14-12-19(13-15-21)18-8-3-1-4-9-18/h1-6,8-15,22H,7,16-17H2. The number of carbonyl (C=O) groups excluding carboxylic acids is 1. The molecule has 0 aromatic heterocycles. The summed E-state index contributed by atoms with van der Waals surface area (Å²) in [5, 5.41) is 4.09. The number of hydrogen-bond donors (Lipinski definition) is 0. The van der Waals surface area contributed by atoms with Crippen LogP contribution < -0.4 is 4.90 Å². The number of amides is 2. The highest BCUT2D eigenvalue weighted by molar-refractivity contribution is 5.95. The Bertz CT molecular complexity index is 940. The number of hydrazine groups is 1. The van der Waals surface area contributed by atoms with E-state index < -0.39 is 0 Å². The molecule has 4 nitrogen and oxygen atoms in total. The molecule has 0 radical (unpaired) electrons. The summed E-state index contributed by atoms with van der Waals surface area (Å²) in [6.07, 6.45) is 0.944. The summed E-state index contributed by atoms with van der Waals surface area (Å²) in [5.41, 5.74) is 4.41. The molecule has 2 aliphatic heterocycles. The maximum absolute atomic E-state index is 13.1. The fourth-order valence-electron chi connectivity index (χ4n) is 4.10. The van der Waals surface area contributed by atoms with Gasteiger partial charge in [0.15, 0.2) is 0 Å². The largest absolute Gasteiger partial charge is 0.340 e. The first-order valence-electron chi connectivity index (χ1n) is 9.41. The van der Waals surface area contributed by atoms with Crippen LogP contribution in [0.25, 0.3) is 11.1 Å². The van der Waals surface area contributed by atoms with Crippen LogP contribution in [0.1, 0.15) is 18.2 Å². The molecule has 0 saturated carbocycles. The molecular formula is C23H21N3O. The minimum Gasteiger partial charge on any atom is -0.271 e. The lowest BCUT2D eigenvalue weighted by Gasteiger charge is -2.28. The zero-order valence-corrected chi connectivity index (χ0v) is 15.0. The van der Waals surface area contributed by atoms with E-state index in [1.807, 2.05) is 46.3 Å². The number of urea groups is 1. The van der Waals surface area contributed by atoms with Crippen LogP contribution in [0.15, 0.2) is 84.9 Å². The summed E-state index contributed by atoms with van der Waals surface area (Å²) in [6, 6.07) is 29.0. The molecule has 3 aromatic rings. The second-order valence-electron chi connectivity index (χ2n) is 6.99. The maximum atomic E-state index is 13.1. The summed E-state index contributed by atoms with van der Waals surface area (Å²) in [7, 11) is 0. The highest BCUT2D eigenvalue weighted by Crippen LogP contribution is 2.40. The van der Waals surface area contributed by atoms with E-state index in [2.05, 4.69) is 53.5 Å². The van der Waals surface area contributed by atoms with Gasteiger partial charge in [-0.25, -0.2) is 4.79 Å². The third-order valence-corrected chi connectivity index (χ3v) is 5.37. The molecule has 27 heavy (non-hydrogen) atoms. The molecule has 0 bridgehead atoms. The van der Waals surface area contributed by atoms with Crippen molar-refractivity contribution in [1.82, 2.24) is 10.0 Å². The van der Waals surface area contributed by atoms with Crippen molar-refractivity contribution in [1.29, 1.82) is 0 Å². The molecule has 2 fully saturated rings. The molecular weight excluding hydrogens is 334 g/mol. The molecule has 0 N–H and O–H groups in total. The average molecular weight is 355 g/mol. The minimum atomic E-state index is -0.0798. The Morgan fingerprint density at radius 2 is 1.33 bits per heavy atom. The highest BCUT2D eigenvalue weighted by atomic mass is 16.2. The summed E-state index contributed by atoms with van der Waals surface area (Å²) >= 11 is 0. The quantitative estimate of drug-likeness (QED) is 0.667. The molecule has 1 unspecified atom stereocenters. The SMILES string of the molecule is O=C1N(c2ccc(-c3ccccc3)cc2)C(c2ccccc2)N2CCCN12. The van der Waals surface area contributed by atoms with E-state index in [0.29, 0.717) is 0 Å². The maximum Gasteiger partial charge on any atom is 0.340 e. The first kappa shape index (κ1) is 16.1. The van der Waals surface area contributed by atoms with Gasteiger partial charge in [0.2, 0.25) is 0 Å². The molecule has 134 valence electrons. The van der Waals surface area contributed by atoms with Gasteiger partial charge >= 0.3 is 6.03 Å². The van der Waals surface area contributed by atoms with Gasteiger partial charge in [-0.2, -0.15) is 5.01 Å². The minimum absolute atomic E-state index is 0.0637. The van der Waals surface area contributed by atoms with E-state index in [-0.39, 0.29) is 12.2 Å². The number of hydrogen-bond acceptors (Lipinski definition) is 2. The van der Waals surface area contributed by atoms with Crippen molar-refractivity contribution in [3.63, 3.8) is 0 Å². The zero-order chi connectivity index (χ0) is 18.2. The molecule has 2 aliphatic rings. The van der Waals surface area contributed by atoms with Crippen LogP contribution in [0.4, 0.5) is 10.5 Å². The number of carbonyl (C=O) groups is 1. The summed E-state index contributed by atoms with van der Waals surface area (Å²) in [4.78, 5) is 15.1. The fourth-order valence-corrected chi connectivity index (χ4v) is 4.10. The van der Waals surface area contributed by atoms with Crippen LogP contribution in [0.2, 0.25) is 0 Å². The lowest BCUT2D eigenvalue weighted by Crippen LogP contribution is -2.32. The average Bonchev–Trinajstić information content (AvgIpc) is 3.32. The summed E-state index contributed by atoms with van der Waals surface area (Å²) < 4.78 is 0. The van der Waals surface area contributed by atoms with Gasteiger partial charge in [0.1, 0.15) is 6.17 Å². The highest BCUT2D eigenvalue weighted by Gasteiger charge is 2.47. The molecule has 0 spiro atoms. The van der Waals surface area contributed by atoms with Crippen molar-refractivity contribution in [3.05, 3.63) is 90.5 Å². The van der Waals surface area contributed by atoms with Crippen LogP contribution in [0, 0.1) is 0 Å². The van der Waals surface area contributed by atoms with Crippen molar-refractivity contribution in [2.45, 2.75) is 12.6 Å². The third kappa shape index (κ3) is 2.69. The Kier molecular flexibility index (Phi) is 3.91. The van der Waals surface area contributed by atoms with Crippen molar-refractivity contribution in [2.75, 3.05) is 18.0 Å². The van der Waals surface area contributed by atoms with E-state index in [1.165, 1.54) is 5.56 Å². The molecule has 0 aliphatic carbocycles. The van der Waals surface area contributed by atoms with Gasteiger partial charge in [-0.3, -0.25) is 9.91 Å². The van der Waals surface area contributed by atoms with E-state index in [4.69, 9.17) is 0 Å².